The summed E-state index contributed by atoms with van der Waals surface area (Å²) in [4.78, 5) is 14.9. The number of nitrogens with zero attached hydrogens (tertiary/aromatic N) is 1. The second kappa shape index (κ2) is 9.18. The van der Waals surface area contributed by atoms with Crippen molar-refractivity contribution in [3.8, 4) is 0 Å². The van der Waals surface area contributed by atoms with Crippen molar-refractivity contribution >= 4 is 21.6 Å². The van der Waals surface area contributed by atoms with Gasteiger partial charge in [0.1, 0.15) is 0 Å². The molecule has 0 spiro atoms. The van der Waals surface area contributed by atoms with Crippen LogP contribution < -0.4 is 10.0 Å². The van der Waals surface area contributed by atoms with Crippen LogP contribution in [0, 0.1) is 6.92 Å². The van der Waals surface area contributed by atoms with E-state index < -0.39 is 10.0 Å². The quantitative estimate of drug-likeness (QED) is 0.737. The van der Waals surface area contributed by atoms with Crippen LogP contribution in [0.25, 0.3) is 0 Å². The molecule has 0 aliphatic carbocycles. The summed E-state index contributed by atoms with van der Waals surface area (Å²) in [6, 6.07) is 13.1. The molecule has 2 aromatic rings. The van der Waals surface area contributed by atoms with Crippen LogP contribution in [0.15, 0.2) is 53.4 Å². The molecule has 1 fully saturated rings. The zero-order chi connectivity index (χ0) is 20.0. The zero-order valence-electron chi connectivity index (χ0n) is 15.8. The Labute approximate surface area is 165 Å². The van der Waals surface area contributed by atoms with Crippen molar-refractivity contribution in [2.75, 3.05) is 44.1 Å². The van der Waals surface area contributed by atoms with Gasteiger partial charge in [-0.2, -0.15) is 0 Å². The van der Waals surface area contributed by atoms with E-state index in [2.05, 4.69) is 14.9 Å². The molecule has 0 bridgehead atoms. The summed E-state index contributed by atoms with van der Waals surface area (Å²) in [6.45, 7) is 6.25. The first kappa shape index (κ1) is 20.3. The van der Waals surface area contributed by atoms with Gasteiger partial charge in [-0.3, -0.25) is 14.4 Å². The molecule has 0 aromatic heterocycles. The van der Waals surface area contributed by atoms with Crippen molar-refractivity contribution in [3.63, 3.8) is 0 Å². The third-order valence-electron chi connectivity index (χ3n) is 4.61. The number of amides is 1. The van der Waals surface area contributed by atoms with E-state index >= 15 is 0 Å². The number of carbonyl (C=O) groups excluding carboxylic acids is 1. The smallest absolute Gasteiger partial charge is 0.261 e. The third kappa shape index (κ3) is 5.31. The van der Waals surface area contributed by atoms with E-state index in [-0.39, 0.29) is 10.8 Å². The van der Waals surface area contributed by atoms with Crippen LogP contribution in [0.1, 0.15) is 15.9 Å². The number of carbonyl (C=O) groups is 1. The lowest BCUT2D eigenvalue weighted by atomic mass is 10.1. The summed E-state index contributed by atoms with van der Waals surface area (Å²) in [5.41, 5.74) is 1.55. The largest absolute Gasteiger partial charge is 0.379 e. The molecule has 0 unspecified atom stereocenters. The SMILES string of the molecule is Cc1ccc(C(=O)NCCN2CCOCC2)cc1NS(=O)(=O)c1ccccc1. The first-order valence-electron chi connectivity index (χ1n) is 9.22. The number of morpholine rings is 1. The Balaban J connectivity index is 1.64. The van der Waals surface area contributed by atoms with E-state index in [4.69, 9.17) is 4.74 Å². The molecule has 1 heterocycles. The molecule has 28 heavy (non-hydrogen) atoms. The van der Waals surface area contributed by atoms with E-state index in [9.17, 15) is 13.2 Å². The van der Waals surface area contributed by atoms with Crippen molar-refractivity contribution in [1.29, 1.82) is 0 Å². The van der Waals surface area contributed by atoms with Crippen molar-refractivity contribution < 1.29 is 17.9 Å². The lowest BCUT2D eigenvalue weighted by Gasteiger charge is -2.26. The van der Waals surface area contributed by atoms with Crippen LogP contribution in [-0.2, 0) is 14.8 Å². The van der Waals surface area contributed by atoms with Crippen molar-refractivity contribution in [2.24, 2.45) is 0 Å². The van der Waals surface area contributed by atoms with Gasteiger partial charge in [-0.05, 0) is 36.8 Å². The Morgan fingerprint density at radius 2 is 1.82 bits per heavy atom. The molecule has 2 N–H and O–H groups in total. The number of rotatable bonds is 7. The van der Waals surface area contributed by atoms with Crippen LogP contribution in [0.5, 0.6) is 0 Å². The Morgan fingerprint density at radius 3 is 2.54 bits per heavy atom. The Kier molecular flexibility index (Phi) is 6.66. The summed E-state index contributed by atoms with van der Waals surface area (Å²) < 4.78 is 33.0. The summed E-state index contributed by atoms with van der Waals surface area (Å²) in [6.07, 6.45) is 0. The number of ether oxygens (including phenoxy) is 1. The first-order valence-corrected chi connectivity index (χ1v) is 10.7. The lowest BCUT2D eigenvalue weighted by molar-refractivity contribution is 0.0383. The minimum Gasteiger partial charge on any atom is -0.379 e. The molecule has 0 saturated carbocycles. The van der Waals surface area contributed by atoms with Gasteiger partial charge in [0.2, 0.25) is 0 Å². The molecule has 1 amide bonds. The molecule has 1 saturated heterocycles. The fourth-order valence-electron chi connectivity index (χ4n) is 2.93. The zero-order valence-corrected chi connectivity index (χ0v) is 16.7. The maximum Gasteiger partial charge on any atom is 0.261 e. The van der Waals surface area contributed by atoms with Crippen molar-refractivity contribution in [2.45, 2.75) is 11.8 Å². The predicted molar refractivity (Wildman–Crippen MR) is 108 cm³/mol. The summed E-state index contributed by atoms with van der Waals surface area (Å²) in [5.74, 6) is -0.228. The molecule has 0 atom stereocenters. The highest BCUT2D eigenvalue weighted by atomic mass is 32.2. The maximum atomic E-state index is 12.6. The van der Waals surface area contributed by atoms with Gasteiger partial charge in [0.15, 0.2) is 0 Å². The highest BCUT2D eigenvalue weighted by Gasteiger charge is 2.16. The second-order valence-electron chi connectivity index (χ2n) is 6.66. The summed E-state index contributed by atoms with van der Waals surface area (Å²) >= 11 is 0. The number of benzene rings is 2. The van der Waals surface area contributed by atoms with Gasteiger partial charge in [0.05, 0.1) is 23.8 Å². The van der Waals surface area contributed by atoms with Crippen LogP contribution in [0.2, 0.25) is 0 Å². The fraction of sp³-hybridized carbons (Fsp3) is 0.350. The molecule has 0 radical (unpaired) electrons. The molecule has 2 aromatic carbocycles. The molecule has 1 aliphatic rings. The van der Waals surface area contributed by atoms with E-state index in [1.165, 1.54) is 12.1 Å². The average molecular weight is 404 g/mol. The normalized spacial score (nSPS) is 15.2. The number of hydrogen-bond donors (Lipinski definition) is 2. The standard InChI is InChI=1S/C20H25N3O4S/c1-16-7-8-17(20(24)21-9-10-23-11-13-27-14-12-23)15-19(16)22-28(25,26)18-5-3-2-4-6-18/h2-8,15,22H,9-14H2,1H3,(H,21,24). The van der Waals surface area contributed by atoms with E-state index in [1.807, 2.05) is 0 Å². The minimum absolute atomic E-state index is 0.176. The van der Waals surface area contributed by atoms with Gasteiger partial charge in [-0.25, -0.2) is 8.42 Å². The molecular weight excluding hydrogens is 378 g/mol. The lowest BCUT2D eigenvalue weighted by Crippen LogP contribution is -2.41. The van der Waals surface area contributed by atoms with Crippen molar-refractivity contribution in [3.05, 3.63) is 59.7 Å². The molecule has 7 nitrogen and oxygen atoms in total. The molecule has 3 rings (SSSR count). The van der Waals surface area contributed by atoms with E-state index in [0.717, 1.165) is 38.4 Å². The Bertz CT molecular complexity index is 910. The highest BCUT2D eigenvalue weighted by molar-refractivity contribution is 7.92. The predicted octanol–water partition coefficient (Wildman–Crippen LogP) is 1.86. The number of nitrogens with one attached hydrogen (secondary N) is 2. The minimum atomic E-state index is -3.71. The topological polar surface area (TPSA) is 87.7 Å². The summed E-state index contributed by atoms with van der Waals surface area (Å²) in [5, 5.41) is 2.89. The average Bonchev–Trinajstić information content (AvgIpc) is 2.71. The first-order chi connectivity index (χ1) is 13.5. The Morgan fingerprint density at radius 1 is 1.11 bits per heavy atom. The highest BCUT2D eigenvalue weighted by Crippen LogP contribution is 2.21. The van der Waals surface area contributed by atoms with Crippen LogP contribution in [0.3, 0.4) is 0 Å². The Hall–Kier alpha value is -2.42. The van der Waals surface area contributed by atoms with Crippen LogP contribution in [-0.4, -0.2) is 58.6 Å². The van der Waals surface area contributed by atoms with Gasteiger partial charge >= 0.3 is 0 Å². The third-order valence-corrected chi connectivity index (χ3v) is 6.00. The molecular formula is C20H25N3O4S. The van der Waals surface area contributed by atoms with Gasteiger partial charge in [0.25, 0.3) is 15.9 Å². The van der Waals surface area contributed by atoms with Crippen LogP contribution in [0.4, 0.5) is 5.69 Å². The molecule has 150 valence electrons. The van der Waals surface area contributed by atoms with Gasteiger partial charge in [-0.15, -0.1) is 0 Å². The van der Waals surface area contributed by atoms with Gasteiger partial charge in [0, 0.05) is 31.7 Å². The summed E-state index contributed by atoms with van der Waals surface area (Å²) in [7, 11) is -3.71. The number of aryl methyl sites for hydroxylation is 1. The van der Waals surface area contributed by atoms with E-state index in [1.54, 1.807) is 43.3 Å². The van der Waals surface area contributed by atoms with Crippen molar-refractivity contribution in [1.82, 2.24) is 10.2 Å². The van der Waals surface area contributed by atoms with Gasteiger partial charge in [-0.1, -0.05) is 24.3 Å². The maximum absolute atomic E-state index is 12.6. The fourth-order valence-corrected chi connectivity index (χ4v) is 4.07. The van der Waals surface area contributed by atoms with Gasteiger partial charge < -0.3 is 10.1 Å². The number of anilines is 1. The number of sulfonamides is 1. The second-order valence-corrected chi connectivity index (χ2v) is 8.34. The van der Waals surface area contributed by atoms with Crippen LogP contribution >= 0.6 is 0 Å². The van der Waals surface area contributed by atoms with E-state index in [0.29, 0.717) is 17.8 Å². The molecule has 1 aliphatic heterocycles. The number of hydrogen-bond acceptors (Lipinski definition) is 5. The molecule has 8 heteroatoms. The monoisotopic (exact) mass is 403 g/mol.